The van der Waals surface area contributed by atoms with Gasteiger partial charge in [0.1, 0.15) is 0 Å². The highest BCUT2D eigenvalue weighted by molar-refractivity contribution is 5.76. The van der Waals surface area contributed by atoms with E-state index in [1.165, 1.54) is 12.1 Å². The summed E-state index contributed by atoms with van der Waals surface area (Å²) in [6.07, 6.45) is 1.01. The van der Waals surface area contributed by atoms with Gasteiger partial charge in [-0.05, 0) is 12.0 Å². The predicted octanol–water partition coefficient (Wildman–Crippen LogP) is 2.89. The molecule has 26 heavy (non-hydrogen) atoms. The highest BCUT2D eigenvalue weighted by Gasteiger charge is 2.13. The van der Waals surface area contributed by atoms with Crippen LogP contribution in [-0.2, 0) is 17.8 Å². The Balaban J connectivity index is 1.54. The fourth-order valence-corrected chi connectivity index (χ4v) is 2.37. The fourth-order valence-electron chi connectivity index (χ4n) is 2.37. The van der Waals surface area contributed by atoms with E-state index in [1.54, 1.807) is 12.1 Å². The van der Waals surface area contributed by atoms with Gasteiger partial charge in [0, 0.05) is 24.1 Å². The van der Waals surface area contributed by atoms with Gasteiger partial charge in [-0.1, -0.05) is 47.6 Å². The van der Waals surface area contributed by atoms with E-state index in [2.05, 4.69) is 15.5 Å². The molecular weight excluding hydrogens is 336 g/mol. The second kappa shape index (κ2) is 8.02. The van der Waals surface area contributed by atoms with Crippen LogP contribution in [0.1, 0.15) is 17.9 Å². The van der Waals surface area contributed by atoms with E-state index >= 15 is 0 Å². The van der Waals surface area contributed by atoms with Crippen LogP contribution < -0.4 is 5.32 Å². The van der Waals surface area contributed by atoms with Crippen molar-refractivity contribution < 1.29 is 14.2 Å². The van der Waals surface area contributed by atoms with Gasteiger partial charge >= 0.3 is 0 Å². The molecule has 1 aromatic heterocycles. The van der Waals surface area contributed by atoms with E-state index in [0.717, 1.165) is 5.56 Å². The quantitative estimate of drug-likeness (QED) is 0.517. The third-order valence-electron chi connectivity index (χ3n) is 3.70. The summed E-state index contributed by atoms with van der Waals surface area (Å²) in [5, 5.41) is 17.3. The van der Waals surface area contributed by atoms with Gasteiger partial charge in [0.25, 0.3) is 5.69 Å². The first-order chi connectivity index (χ1) is 12.6. The molecule has 132 valence electrons. The molecule has 1 heterocycles. The second-order valence-electron chi connectivity index (χ2n) is 5.58. The first kappa shape index (κ1) is 17.3. The Hall–Kier alpha value is -3.55. The molecule has 0 saturated carbocycles. The van der Waals surface area contributed by atoms with Gasteiger partial charge in [-0.15, -0.1) is 0 Å². The van der Waals surface area contributed by atoms with Gasteiger partial charge in [0.05, 0.1) is 11.5 Å². The number of carbonyl (C=O) groups is 1. The third kappa shape index (κ3) is 4.50. The minimum absolute atomic E-state index is 0.0527. The average Bonchev–Trinajstić information content (AvgIpc) is 3.15. The Kier molecular flexibility index (Phi) is 5.33. The molecule has 3 aromatic rings. The molecule has 1 N–H and O–H groups in total. The van der Waals surface area contributed by atoms with E-state index in [1.807, 2.05) is 30.3 Å². The molecular formula is C18H16N4O4. The normalized spacial score (nSPS) is 10.5. The number of hydrogen-bond donors (Lipinski definition) is 1. The number of nitrogens with zero attached hydrogens (tertiary/aromatic N) is 3. The number of benzene rings is 2. The monoisotopic (exact) mass is 352 g/mol. The lowest BCUT2D eigenvalue weighted by Crippen LogP contribution is -2.23. The first-order valence-electron chi connectivity index (χ1n) is 8.00. The molecule has 0 radical (unpaired) electrons. The summed E-state index contributed by atoms with van der Waals surface area (Å²) in [6, 6.07) is 15.7. The Labute approximate surface area is 149 Å². The number of non-ortho nitro benzene ring substituents is 1. The summed E-state index contributed by atoms with van der Waals surface area (Å²) < 4.78 is 5.09. The lowest BCUT2D eigenvalue weighted by atomic mass is 10.1. The minimum atomic E-state index is -0.489. The smallest absolute Gasteiger partial charge is 0.270 e. The molecule has 8 nitrogen and oxygen atoms in total. The van der Waals surface area contributed by atoms with Crippen LogP contribution in [0.2, 0.25) is 0 Å². The molecule has 0 saturated heterocycles. The van der Waals surface area contributed by atoms with E-state index in [4.69, 9.17) is 4.52 Å². The van der Waals surface area contributed by atoms with Gasteiger partial charge in [-0.2, -0.15) is 4.98 Å². The summed E-state index contributed by atoms with van der Waals surface area (Å²) in [4.78, 5) is 26.4. The number of nitro groups is 1. The van der Waals surface area contributed by atoms with Crippen LogP contribution >= 0.6 is 0 Å². The summed E-state index contributed by atoms with van der Waals surface area (Å²) in [6.45, 7) is 0.107. The largest absolute Gasteiger partial charge is 0.347 e. The maximum atomic E-state index is 11.9. The average molecular weight is 352 g/mol. The van der Waals surface area contributed by atoms with Crippen molar-refractivity contribution in [3.63, 3.8) is 0 Å². The number of aromatic nitrogens is 2. The molecule has 8 heteroatoms. The molecule has 0 aliphatic heterocycles. The Morgan fingerprint density at radius 1 is 1.15 bits per heavy atom. The SMILES string of the molecule is O=C(CCc1ccccc1)NCc1nc(-c2cccc([N+](=O)[O-])c2)no1. The van der Waals surface area contributed by atoms with E-state index < -0.39 is 4.92 Å². The van der Waals surface area contributed by atoms with Crippen molar-refractivity contribution in [2.45, 2.75) is 19.4 Å². The molecule has 0 atom stereocenters. The number of rotatable bonds is 7. The summed E-state index contributed by atoms with van der Waals surface area (Å²) >= 11 is 0. The maximum Gasteiger partial charge on any atom is 0.270 e. The van der Waals surface area contributed by atoms with E-state index in [9.17, 15) is 14.9 Å². The topological polar surface area (TPSA) is 111 Å². The highest BCUT2D eigenvalue weighted by atomic mass is 16.6. The number of amides is 1. The molecule has 0 fully saturated rings. The zero-order chi connectivity index (χ0) is 18.4. The number of nitrogens with one attached hydrogen (secondary N) is 1. The minimum Gasteiger partial charge on any atom is -0.347 e. The van der Waals surface area contributed by atoms with Crippen molar-refractivity contribution >= 4 is 11.6 Å². The molecule has 0 aliphatic rings. The summed E-state index contributed by atoms with van der Waals surface area (Å²) in [5.74, 6) is 0.353. The number of nitro benzene ring substituents is 1. The van der Waals surface area contributed by atoms with Crippen molar-refractivity contribution in [3.8, 4) is 11.4 Å². The van der Waals surface area contributed by atoms with Crippen LogP contribution in [0.25, 0.3) is 11.4 Å². The lowest BCUT2D eigenvalue weighted by Gasteiger charge is -2.02. The van der Waals surface area contributed by atoms with Gasteiger partial charge in [-0.3, -0.25) is 14.9 Å². The van der Waals surface area contributed by atoms with Gasteiger partial charge in [0.2, 0.25) is 17.6 Å². The Bertz CT molecular complexity index is 908. The van der Waals surface area contributed by atoms with Gasteiger partial charge in [0.15, 0.2) is 0 Å². The van der Waals surface area contributed by atoms with E-state index in [-0.39, 0.29) is 29.9 Å². The lowest BCUT2D eigenvalue weighted by molar-refractivity contribution is -0.384. The van der Waals surface area contributed by atoms with Gasteiger partial charge in [-0.25, -0.2) is 0 Å². The Morgan fingerprint density at radius 2 is 1.96 bits per heavy atom. The zero-order valence-electron chi connectivity index (χ0n) is 13.8. The van der Waals surface area contributed by atoms with Crippen molar-refractivity contribution in [1.82, 2.24) is 15.5 Å². The molecule has 0 bridgehead atoms. The third-order valence-corrected chi connectivity index (χ3v) is 3.70. The van der Waals surface area contributed by atoms with Crippen LogP contribution in [0.15, 0.2) is 59.1 Å². The predicted molar refractivity (Wildman–Crippen MR) is 93.0 cm³/mol. The standard InChI is InChI=1S/C18H16N4O4/c23-16(10-9-13-5-2-1-3-6-13)19-12-17-20-18(21-26-17)14-7-4-8-15(11-14)22(24)25/h1-8,11H,9-10,12H2,(H,19,23). The Morgan fingerprint density at radius 3 is 2.73 bits per heavy atom. The van der Waals surface area contributed by atoms with Gasteiger partial charge < -0.3 is 9.84 Å². The van der Waals surface area contributed by atoms with Crippen LogP contribution in [-0.4, -0.2) is 21.0 Å². The molecule has 0 aliphatic carbocycles. The van der Waals surface area contributed by atoms with Crippen molar-refractivity contribution in [1.29, 1.82) is 0 Å². The van der Waals surface area contributed by atoms with Crippen molar-refractivity contribution in [2.24, 2.45) is 0 Å². The van der Waals surface area contributed by atoms with Crippen LogP contribution in [0.3, 0.4) is 0 Å². The molecule has 2 aromatic carbocycles. The zero-order valence-corrected chi connectivity index (χ0v) is 13.8. The fraction of sp³-hybridized carbons (Fsp3) is 0.167. The van der Waals surface area contributed by atoms with Crippen molar-refractivity contribution in [2.75, 3.05) is 0 Å². The highest BCUT2D eigenvalue weighted by Crippen LogP contribution is 2.21. The maximum absolute atomic E-state index is 11.9. The van der Waals surface area contributed by atoms with Crippen LogP contribution in [0.5, 0.6) is 0 Å². The molecule has 1 amide bonds. The number of carbonyl (C=O) groups excluding carboxylic acids is 1. The van der Waals surface area contributed by atoms with Crippen molar-refractivity contribution in [3.05, 3.63) is 76.2 Å². The second-order valence-corrected chi connectivity index (χ2v) is 5.58. The first-order valence-corrected chi connectivity index (χ1v) is 8.00. The van der Waals surface area contributed by atoms with Crippen LogP contribution in [0.4, 0.5) is 5.69 Å². The van der Waals surface area contributed by atoms with E-state index in [0.29, 0.717) is 18.4 Å². The summed E-state index contributed by atoms with van der Waals surface area (Å²) in [7, 11) is 0. The van der Waals surface area contributed by atoms with Crippen LogP contribution in [0, 0.1) is 10.1 Å². The number of aryl methyl sites for hydroxylation is 1. The summed E-state index contributed by atoms with van der Waals surface area (Å²) in [5.41, 5.74) is 1.51. The number of hydrogen-bond acceptors (Lipinski definition) is 6. The molecule has 0 unspecified atom stereocenters. The molecule has 0 spiro atoms. The molecule has 3 rings (SSSR count).